The third-order valence-corrected chi connectivity index (χ3v) is 3.56. The van der Waals surface area contributed by atoms with E-state index in [0.29, 0.717) is 5.37 Å². The molecule has 2 rings (SSSR count). The summed E-state index contributed by atoms with van der Waals surface area (Å²) in [5, 5.41) is 0.481. The summed E-state index contributed by atoms with van der Waals surface area (Å²) in [4.78, 5) is 3.60. The van der Waals surface area contributed by atoms with Gasteiger partial charge in [-0.2, -0.15) is 0 Å². The van der Waals surface area contributed by atoms with Crippen molar-refractivity contribution in [3.8, 4) is 0 Å². The number of hydrogen-bond acceptors (Lipinski definition) is 2. The number of thioether (sulfide) groups is 1. The average Bonchev–Trinajstić information content (AvgIpc) is 2.17. The van der Waals surface area contributed by atoms with E-state index in [9.17, 15) is 0 Å². The van der Waals surface area contributed by atoms with Crippen molar-refractivity contribution in [2.24, 2.45) is 0 Å². The average molecular weight is 191 g/mol. The van der Waals surface area contributed by atoms with Gasteiger partial charge < -0.3 is 0 Å². The molecule has 0 aromatic heterocycles. The van der Waals surface area contributed by atoms with Gasteiger partial charge in [-0.1, -0.05) is 30.4 Å². The van der Waals surface area contributed by atoms with Crippen molar-refractivity contribution in [1.29, 1.82) is 0 Å². The first-order chi connectivity index (χ1) is 6.27. The molecule has 1 aromatic carbocycles. The van der Waals surface area contributed by atoms with Gasteiger partial charge in [0.15, 0.2) is 0 Å². The van der Waals surface area contributed by atoms with Crippen LogP contribution in [0.1, 0.15) is 5.56 Å². The maximum Gasteiger partial charge on any atom is 0.0789 e. The Morgan fingerprint density at radius 2 is 2.00 bits per heavy atom. The van der Waals surface area contributed by atoms with Crippen LogP contribution in [0.25, 0.3) is 6.08 Å². The third-order valence-electron chi connectivity index (χ3n) is 2.12. The minimum atomic E-state index is 0.481. The molecule has 1 nitrogen and oxygen atoms in total. The number of hydrogen-bond donors (Lipinski definition) is 0. The Bertz CT molecular complexity index is 331. The van der Waals surface area contributed by atoms with Gasteiger partial charge in [0.05, 0.1) is 5.37 Å². The molecular weight excluding hydrogens is 178 g/mol. The van der Waals surface area contributed by atoms with Gasteiger partial charge >= 0.3 is 0 Å². The predicted molar refractivity (Wildman–Crippen MR) is 58.8 cm³/mol. The zero-order valence-electron chi connectivity index (χ0n) is 7.90. The Labute approximate surface area is 83.4 Å². The summed E-state index contributed by atoms with van der Waals surface area (Å²) in [6.45, 7) is 0. The fraction of sp³-hybridized carbons (Fsp3) is 0.273. The summed E-state index contributed by atoms with van der Waals surface area (Å²) in [5.41, 5.74) is 1.34. The van der Waals surface area contributed by atoms with Crippen LogP contribution in [-0.4, -0.2) is 24.4 Å². The van der Waals surface area contributed by atoms with E-state index in [-0.39, 0.29) is 0 Å². The van der Waals surface area contributed by atoms with Crippen LogP contribution in [-0.2, 0) is 0 Å². The van der Waals surface area contributed by atoms with Gasteiger partial charge in [-0.15, -0.1) is 11.8 Å². The van der Waals surface area contributed by atoms with E-state index < -0.39 is 0 Å². The molecule has 1 unspecified atom stereocenters. The van der Waals surface area contributed by atoms with Gasteiger partial charge in [-0.25, -0.2) is 0 Å². The van der Waals surface area contributed by atoms with Gasteiger partial charge in [0.25, 0.3) is 0 Å². The summed E-state index contributed by atoms with van der Waals surface area (Å²) >= 11 is 1.90. The third kappa shape index (κ3) is 1.79. The maximum atomic E-state index is 2.24. The van der Waals surface area contributed by atoms with Crippen LogP contribution in [0.4, 0.5) is 0 Å². The largest absolute Gasteiger partial charge is 0.294 e. The van der Waals surface area contributed by atoms with Crippen LogP contribution in [0.5, 0.6) is 0 Å². The molecule has 0 fully saturated rings. The number of fused-ring (bicyclic) bond motifs is 1. The van der Waals surface area contributed by atoms with E-state index in [4.69, 9.17) is 0 Å². The monoisotopic (exact) mass is 191 g/mol. The van der Waals surface area contributed by atoms with Gasteiger partial charge in [-0.3, -0.25) is 4.90 Å². The number of likely N-dealkylation sites (N-methyl/N-ethyl adjacent to an activating group) is 1. The highest BCUT2D eigenvalue weighted by Crippen LogP contribution is 2.33. The molecule has 1 atom stereocenters. The number of nitrogens with zero attached hydrogens (tertiary/aromatic N) is 1. The smallest absolute Gasteiger partial charge is 0.0789 e. The molecule has 2 heteroatoms. The number of benzene rings is 1. The lowest BCUT2D eigenvalue weighted by Crippen LogP contribution is -2.23. The van der Waals surface area contributed by atoms with Crippen LogP contribution < -0.4 is 0 Å². The highest BCUT2D eigenvalue weighted by molar-refractivity contribution is 8.00. The highest BCUT2D eigenvalue weighted by Gasteiger charge is 2.14. The van der Waals surface area contributed by atoms with Crippen LogP contribution in [0.15, 0.2) is 35.2 Å². The van der Waals surface area contributed by atoms with Gasteiger partial charge in [0.2, 0.25) is 0 Å². The SMILES string of the molecule is CN(C)C1C=Cc2ccccc2S1. The summed E-state index contributed by atoms with van der Waals surface area (Å²) in [6, 6.07) is 8.52. The van der Waals surface area contributed by atoms with E-state index in [0.717, 1.165) is 0 Å². The summed E-state index contributed by atoms with van der Waals surface area (Å²) in [5.74, 6) is 0. The van der Waals surface area contributed by atoms with Gasteiger partial charge in [0, 0.05) is 4.90 Å². The molecule has 0 radical (unpaired) electrons. The lowest BCUT2D eigenvalue weighted by Gasteiger charge is -2.24. The molecule has 1 aliphatic rings. The Morgan fingerprint density at radius 3 is 2.77 bits per heavy atom. The van der Waals surface area contributed by atoms with Crippen molar-refractivity contribution in [2.75, 3.05) is 14.1 Å². The van der Waals surface area contributed by atoms with Crippen LogP contribution in [0, 0.1) is 0 Å². The molecule has 0 N–H and O–H groups in total. The Morgan fingerprint density at radius 1 is 1.23 bits per heavy atom. The Balaban J connectivity index is 2.29. The molecule has 0 spiro atoms. The molecule has 0 bridgehead atoms. The van der Waals surface area contributed by atoms with E-state index in [1.807, 2.05) is 11.8 Å². The van der Waals surface area contributed by atoms with Crippen molar-refractivity contribution >= 4 is 17.8 Å². The molecule has 13 heavy (non-hydrogen) atoms. The van der Waals surface area contributed by atoms with E-state index in [1.54, 1.807) is 0 Å². The topological polar surface area (TPSA) is 3.24 Å². The molecule has 1 aromatic rings. The van der Waals surface area contributed by atoms with Crippen molar-refractivity contribution in [3.63, 3.8) is 0 Å². The zero-order valence-corrected chi connectivity index (χ0v) is 8.71. The molecule has 1 aliphatic heterocycles. The highest BCUT2D eigenvalue weighted by atomic mass is 32.2. The van der Waals surface area contributed by atoms with Crippen LogP contribution in [0.3, 0.4) is 0 Å². The van der Waals surface area contributed by atoms with Crippen molar-refractivity contribution in [2.45, 2.75) is 10.3 Å². The first-order valence-electron chi connectivity index (χ1n) is 4.38. The van der Waals surface area contributed by atoms with E-state index >= 15 is 0 Å². The molecular formula is C11H13NS. The summed E-state index contributed by atoms with van der Waals surface area (Å²) < 4.78 is 0. The quantitative estimate of drug-likeness (QED) is 0.671. The summed E-state index contributed by atoms with van der Waals surface area (Å²) in [7, 11) is 4.21. The predicted octanol–water partition coefficient (Wildman–Crippen LogP) is 2.69. The van der Waals surface area contributed by atoms with Gasteiger partial charge in [0.1, 0.15) is 0 Å². The second kappa shape index (κ2) is 3.56. The molecule has 1 heterocycles. The standard InChI is InChI=1S/C11H13NS/c1-12(2)11-8-7-9-5-3-4-6-10(9)13-11/h3-8,11H,1-2H3. The fourth-order valence-electron chi connectivity index (χ4n) is 1.36. The van der Waals surface area contributed by atoms with Crippen LogP contribution >= 0.6 is 11.8 Å². The maximum absolute atomic E-state index is 2.24. The molecule has 68 valence electrons. The lowest BCUT2D eigenvalue weighted by atomic mass is 10.2. The first-order valence-corrected chi connectivity index (χ1v) is 5.25. The zero-order chi connectivity index (χ0) is 9.26. The second-order valence-corrected chi connectivity index (χ2v) is 4.53. The normalized spacial score (nSPS) is 20.4. The first kappa shape index (κ1) is 8.85. The Kier molecular flexibility index (Phi) is 2.42. The van der Waals surface area contributed by atoms with Crippen LogP contribution in [0.2, 0.25) is 0 Å². The molecule has 0 amide bonds. The molecule has 0 aliphatic carbocycles. The van der Waals surface area contributed by atoms with Crippen molar-refractivity contribution in [1.82, 2.24) is 4.90 Å². The summed E-state index contributed by atoms with van der Waals surface area (Å²) in [6.07, 6.45) is 4.45. The molecule has 0 saturated heterocycles. The molecule has 0 saturated carbocycles. The lowest BCUT2D eigenvalue weighted by molar-refractivity contribution is 0.427. The van der Waals surface area contributed by atoms with Gasteiger partial charge in [-0.05, 0) is 25.7 Å². The fourth-order valence-corrected chi connectivity index (χ4v) is 2.42. The van der Waals surface area contributed by atoms with Crippen molar-refractivity contribution in [3.05, 3.63) is 35.9 Å². The Hall–Kier alpha value is -0.730. The van der Waals surface area contributed by atoms with E-state index in [1.165, 1.54) is 10.5 Å². The number of rotatable bonds is 1. The minimum Gasteiger partial charge on any atom is -0.294 e. The van der Waals surface area contributed by atoms with E-state index in [2.05, 4.69) is 55.4 Å². The van der Waals surface area contributed by atoms with Crippen molar-refractivity contribution < 1.29 is 0 Å². The second-order valence-electron chi connectivity index (χ2n) is 3.37. The minimum absolute atomic E-state index is 0.481.